The molecule has 0 spiro atoms. The zero-order valence-electron chi connectivity index (χ0n) is 14.6. The summed E-state index contributed by atoms with van der Waals surface area (Å²) in [5, 5.41) is 3.96. The lowest BCUT2D eigenvalue weighted by atomic mass is 9.83. The maximum Gasteiger partial charge on any atom is 0.302 e. The van der Waals surface area contributed by atoms with Crippen molar-refractivity contribution in [2.45, 2.75) is 72.5 Å². The van der Waals surface area contributed by atoms with Crippen LogP contribution in [0.2, 0.25) is 0 Å². The molecule has 5 nitrogen and oxygen atoms in total. The van der Waals surface area contributed by atoms with Gasteiger partial charge in [0.2, 0.25) is 0 Å². The Morgan fingerprint density at radius 3 is 2.55 bits per heavy atom. The Bertz CT molecular complexity index is 425. The van der Waals surface area contributed by atoms with Gasteiger partial charge in [-0.05, 0) is 45.4 Å². The molecule has 1 aliphatic carbocycles. The summed E-state index contributed by atoms with van der Waals surface area (Å²) >= 11 is 0. The van der Waals surface area contributed by atoms with Crippen LogP contribution in [0.1, 0.15) is 60.8 Å². The van der Waals surface area contributed by atoms with Crippen LogP contribution in [-0.2, 0) is 19.2 Å². The van der Waals surface area contributed by atoms with Crippen LogP contribution in [0.4, 0.5) is 0 Å². The maximum atomic E-state index is 12.1. The van der Waals surface area contributed by atoms with Gasteiger partial charge in [0.05, 0.1) is 5.92 Å². The van der Waals surface area contributed by atoms with Crippen LogP contribution in [0.5, 0.6) is 0 Å². The molecule has 1 aliphatic rings. The molecule has 22 heavy (non-hydrogen) atoms. The quantitative estimate of drug-likeness (QED) is 0.428. The van der Waals surface area contributed by atoms with Crippen molar-refractivity contribution in [3.8, 4) is 0 Å². The van der Waals surface area contributed by atoms with Gasteiger partial charge in [-0.15, -0.1) is 0 Å². The Balaban J connectivity index is 2.70. The van der Waals surface area contributed by atoms with Crippen molar-refractivity contribution >= 4 is 18.0 Å². The monoisotopic (exact) mass is 311 g/mol. The Labute approximate surface area is 133 Å². The minimum absolute atomic E-state index is 0.0192. The number of carbonyl (C=O) groups is 2. The lowest BCUT2D eigenvalue weighted by Gasteiger charge is -2.29. The second kappa shape index (κ2) is 7.75. The van der Waals surface area contributed by atoms with Gasteiger partial charge in [-0.3, -0.25) is 9.59 Å². The number of nitrogens with zero attached hydrogens (tertiary/aromatic N) is 1. The van der Waals surface area contributed by atoms with Crippen molar-refractivity contribution in [2.24, 2.45) is 22.9 Å². The number of ketones is 1. The molecule has 0 N–H and O–H groups in total. The van der Waals surface area contributed by atoms with Crippen molar-refractivity contribution in [1.82, 2.24) is 0 Å². The Morgan fingerprint density at radius 1 is 1.45 bits per heavy atom. The first kappa shape index (κ1) is 18.7. The van der Waals surface area contributed by atoms with E-state index in [1.54, 1.807) is 6.21 Å². The highest BCUT2D eigenvalue weighted by Gasteiger charge is 2.41. The summed E-state index contributed by atoms with van der Waals surface area (Å²) in [6.07, 6.45) is 3.36. The molecule has 0 aromatic rings. The molecule has 0 aliphatic heterocycles. The van der Waals surface area contributed by atoms with E-state index >= 15 is 0 Å². The molecule has 1 saturated carbocycles. The average Bonchev–Trinajstić information content (AvgIpc) is 2.70. The number of ether oxygens (including phenoxy) is 1. The fraction of sp³-hybridized carbons (Fsp3) is 0.824. The molecule has 5 heteroatoms. The van der Waals surface area contributed by atoms with Crippen LogP contribution in [0, 0.1) is 17.8 Å². The lowest BCUT2D eigenvalue weighted by molar-refractivity contribution is -0.154. The average molecular weight is 311 g/mol. The highest BCUT2D eigenvalue weighted by atomic mass is 16.6. The van der Waals surface area contributed by atoms with Gasteiger partial charge in [0.25, 0.3) is 0 Å². The molecule has 0 bridgehead atoms. The number of rotatable bonds is 6. The normalized spacial score (nSPS) is 25.3. The zero-order chi connectivity index (χ0) is 16.9. The van der Waals surface area contributed by atoms with Gasteiger partial charge in [-0.25, -0.2) is 0 Å². The Kier molecular flexibility index (Phi) is 6.57. The van der Waals surface area contributed by atoms with Crippen LogP contribution in [0.15, 0.2) is 5.16 Å². The lowest BCUT2D eigenvalue weighted by Crippen LogP contribution is -2.37. The molecular formula is C17H29NO4. The van der Waals surface area contributed by atoms with Gasteiger partial charge >= 0.3 is 5.97 Å². The first-order valence-corrected chi connectivity index (χ1v) is 8.01. The van der Waals surface area contributed by atoms with Crippen molar-refractivity contribution in [1.29, 1.82) is 0 Å². The van der Waals surface area contributed by atoms with Gasteiger partial charge in [0, 0.05) is 19.6 Å². The van der Waals surface area contributed by atoms with Gasteiger partial charge in [0.15, 0.2) is 0 Å². The van der Waals surface area contributed by atoms with Crippen molar-refractivity contribution in [2.75, 3.05) is 0 Å². The van der Waals surface area contributed by atoms with E-state index in [4.69, 9.17) is 9.57 Å². The van der Waals surface area contributed by atoms with Gasteiger partial charge < -0.3 is 9.57 Å². The molecule has 0 aromatic heterocycles. The summed E-state index contributed by atoms with van der Waals surface area (Å²) in [5.74, 6) is -0.0660. The first-order valence-electron chi connectivity index (χ1n) is 8.01. The summed E-state index contributed by atoms with van der Waals surface area (Å²) in [5.41, 5.74) is -0.328. The van der Waals surface area contributed by atoms with Crippen molar-refractivity contribution in [3.63, 3.8) is 0 Å². The maximum absolute atomic E-state index is 12.1. The van der Waals surface area contributed by atoms with Crippen LogP contribution < -0.4 is 0 Å². The largest absolute Gasteiger partial charge is 0.461 e. The Morgan fingerprint density at radius 2 is 2.09 bits per heavy atom. The first-order chi connectivity index (χ1) is 10.1. The number of esters is 1. The molecule has 4 atom stereocenters. The molecule has 1 unspecified atom stereocenters. The smallest absolute Gasteiger partial charge is 0.302 e. The minimum atomic E-state index is -0.386. The summed E-state index contributed by atoms with van der Waals surface area (Å²) in [7, 11) is 0. The third-order valence-electron chi connectivity index (χ3n) is 3.93. The van der Waals surface area contributed by atoms with E-state index in [0.717, 1.165) is 6.42 Å². The molecule has 0 heterocycles. The van der Waals surface area contributed by atoms with Crippen LogP contribution in [0.3, 0.4) is 0 Å². The van der Waals surface area contributed by atoms with Gasteiger partial charge in [0.1, 0.15) is 17.5 Å². The van der Waals surface area contributed by atoms with E-state index in [0.29, 0.717) is 12.8 Å². The van der Waals surface area contributed by atoms with E-state index in [9.17, 15) is 9.59 Å². The summed E-state index contributed by atoms with van der Waals surface area (Å²) in [6, 6.07) is 0. The SMILES string of the molecule is CC(=O)O[C@H]([C@H](C)C/C=N/OC(C)(C)C)[C@H]1C(=O)CCC1C. The highest BCUT2D eigenvalue weighted by Crippen LogP contribution is 2.35. The molecule has 0 amide bonds. The highest BCUT2D eigenvalue weighted by molar-refractivity contribution is 5.84. The third kappa shape index (κ3) is 5.78. The molecule has 0 saturated heterocycles. The summed E-state index contributed by atoms with van der Waals surface area (Å²) < 4.78 is 5.47. The van der Waals surface area contributed by atoms with Crippen LogP contribution >= 0.6 is 0 Å². The standard InChI is InChI=1S/C17H29NO4/c1-11-7-8-14(20)15(11)16(21-13(3)19)12(2)9-10-18-22-17(4,5)6/h10-12,15-16H,7-9H2,1-6H3/b18-10+/t11?,12-,15-,16-/m1/s1. The number of hydrogen-bond acceptors (Lipinski definition) is 5. The topological polar surface area (TPSA) is 65.0 Å². The van der Waals surface area contributed by atoms with Crippen molar-refractivity contribution < 1.29 is 19.2 Å². The zero-order valence-corrected chi connectivity index (χ0v) is 14.6. The van der Waals surface area contributed by atoms with Crippen LogP contribution in [0.25, 0.3) is 0 Å². The van der Waals surface area contributed by atoms with E-state index < -0.39 is 0 Å². The fourth-order valence-corrected chi connectivity index (χ4v) is 2.81. The second-order valence-corrected chi connectivity index (χ2v) is 7.29. The second-order valence-electron chi connectivity index (χ2n) is 7.29. The molecular weight excluding hydrogens is 282 g/mol. The minimum Gasteiger partial charge on any atom is -0.461 e. The number of Topliss-reactive ketones (excluding diaryl/α,β-unsaturated/α-hetero) is 1. The van der Waals surface area contributed by atoms with Gasteiger partial charge in [-0.1, -0.05) is 19.0 Å². The van der Waals surface area contributed by atoms with E-state index in [-0.39, 0.29) is 41.2 Å². The predicted octanol–water partition coefficient (Wildman–Crippen LogP) is 3.36. The van der Waals surface area contributed by atoms with Crippen molar-refractivity contribution in [3.05, 3.63) is 0 Å². The van der Waals surface area contributed by atoms with E-state index in [1.165, 1.54) is 6.92 Å². The third-order valence-corrected chi connectivity index (χ3v) is 3.93. The molecule has 1 fully saturated rings. The van der Waals surface area contributed by atoms with E-state index in [1.807, 2.05) is 27.7 Å². The number of oxime groups is 1. The Hall–Kier alpha value is -1.39. The fourth-order valence-electron chi connectivity index (χ4n) is 2.81. The predicted molar refractivity (Wildman–Crippen MR) is 85.6 cm³/mol. The molecule has 126 valence electrons. The molecule has 1 rings (SSSR count). The summed E-state index contributed by atoms with van der Waals surface area (Å²) in [4.78, 5) is 28.8. The van der Waals surface area contributed by atoms with Gasteiger partial charge in [-0.2, -0.15) is 0 Å². The van der Waals surface area contributed by atoms with E-state index in [2.05, 4.69) is 12.1 Å². The van der Waals surface area contributed by atoms with Crippen LogP contribution in [-0.4, -0.2) is 29.7 Å². The number of hydrogen-bond donors (Lipinski definition) is 0. The molecule has 0 aromatic carbocycles. The summed E-state index contributed by atoms with van der Waals surface area (Å²) in [6.45, 7) is 11.2. The number of carbonyl (C=O) groups excluding carboxylic acids is 2. The molecule has 0 radical (unpaired) electrons.